The zero-order valence-corrected chi connectivity index (χ0v) is 13.8. The number of aromatic nitrogens is 4. The van der Waals surface area contributed by atoms with Gasteiger partial charge in [0.1, 0.15) is 11.6 Å². The number of Topliss-reactive ketones (excluding diaryl/α,β-unsaturated/α-hetero) is 1. The van der Waals surface area contributed by atoms with Gasteiger partial charge in [-0.25, -0.2) is 4.39 Å². The molecule has 24 heavy (non-hydrogen) atoms. The molecule has 1 aromatic carbocycles. The highest BCUT2D eigenvalue weighted by Crippen LogP contribution is 2.22. The molecular weight excluding hydrogens is 327 g/mol. The first kappa shape index (κ1) is 16.3. The lowest BCUT2D eigenvalue weighted by Crippen LogP contribution is -2.07. The Balaban J connectivity index is 1.63. The van der Waals surface area contributed by atoms with Crippen LogP contribution in [-0.2, 0) is 18.3 Å². The predicted octanol–water partition coefficient (Wildman–Crippen LogP) is 2.92. The van der Waals surface area contributed by atoms with E-state index in [2.05, 4.69) is 15.2 Å². The maximum absolute atomic E-state index is 13.1. The number of carbonyl (C=O) groups is 1. The first-order valence-electron chi connectivity index (χ1n) is 7.32. The van der Waals surface area contributed by atoms with Crippen LogP contribution in [0.2, 0.25) is 0 Å². The number of hydrogen-bond acceptors (Lipinski definition) is 5. The molecule has 3 rings (SSSR count). The summed E-state index contributed by atoms with van der Waals surface area (Å²) in [4.78, 5) is 16.1. The highest BCUT2D eigenvalue weighted by Gasteiger charge is 2.13. The Kier molecular flexibility index (Phi) is 5.00. The Morgan fingerprint density at radius 1 is 1.25 bits per heavy atom. The number of ketones is 1. The molecule has 2 heterocycles. The monoisotopic (exact) mass is 342 g/mol. The Labute approximate surface area is 143 Å². The maximum Gasteiger partial charge on any atom is 0.191 e. The molecule has 0 aliphatic heterocycles. The summed E-state index contributed by atoms with van der Waals surface area (Å²) in [6.07, 6.45) is 3.62. The van der Waals surface area contributed by atoms with E-state index in [-0.39, 0.29) is 23.8 Å². The molecule has 0 amide bonds. The number of halogens is 1. The molecule has 2 aromatic heterocycles. The van der Waals surface area contributed by atoms with Crippen LogP contribution < -0.4 is 0 Å². The van der Waals surface area contributed by atoms with Gasteiger partial charge >= 0.3 is 0 Å². The van der Waals surface area contributed by atoms with Gasteiger partial charge < -0.3 is 4.57 Å². The first-order chi connectivity index (χ1) is 11.6. The van der Waals surface area contributed by atoms with Crippen molar-refractivity contribution in [2.45, 2.75) is 11.6 Å². The molecule has 3 aromatic rings. The number of hydrogen-bond donors (Lipinski definition) is 0. The highest BCUT2D eigenvalue weighted by molar-refractivity contribution is 7.99. The minimum absolute atomic E-state index is 0.0107. The number of thioether (sulfide) groups is 1. The van der Waals surface area contributed by atoms with Crippen LogP contribution in [0.4, 0.5) is 4.39 Å². The van der Waals surface area contributed by atoms with Crippen molar-refractivity contribution in [3.05, 3.63) is 60.2 Å². The van der Waals surface area contributed by atoms with E-state index in [1.807, 2.05) is 23.7 Å². The summed E-state index contributed by atoms with van der Waals surface area (Å²) in [5.74, 6) is 0.636. The van der Waals surface area contributed by atoms with Crippen LogP contribution >= 0.6 is 11.8 Å². The van der Waals surface area contributed by atoms with Crippen molar-refractivity contribution in [3.8, 4) is 11.4 Å². The zero-order valence-electron chi connectivity index (χ0n) is 13.0. The predicted molar refractivity (Wildman–Crippen MR) is 90.1 cm³/mol. The lowest BCUT2D eigenvalue weighted by atomic mass is 10.1. The van der Waals surface area contributed by atoms with Crippen LogP contribution in [0.3, 0.4) is 0 Å². The molecule has 0 saturated carbocycles. The van der Waals surface area contributed by atoms with E-state index in [9.17, 15) is 9.18 Å². The van der Waals surface area contributed by atoms with Gasteiger partial charge in [0.05, 0.1) is 5.75 Å². The average molecular weight is 342 g/mol. The topological polar surface area (TPSA) is 60.7 Å². The number of pyridine rings is 1. The van der Waals surface area contributed by atoms with Crippen LogP contribution in [-0.4, -0.2) is 31.3 Å². The molecule has 0 fully saturated rings. The Morgan fingerprint density at radius 3 is 2.88 bits per heavy atom. The van der Waals surface area contributed by atoms with Crippen LogP contribution in [0.1, 0.15) is 5.56 Å². The molecule has 0 radical (unpaired) electrons. The largest absolute Gasteiger partial charge is 0.305 e. The Morgan fingerprint density at radius 2 is 2.12 bits per heavy atom. The maximum atomic E-state index is 13.1. The standard InChI is InChI=1S/C17H15FN4OS/c1-22-16(13-5-3-7-19-10-13)20-21-17(22)24-11-15(23)9-12-4-2-6-14(18)8-12/h2-8,10H,9,11H2,1H3. The zero-order chi connectivity index (χ0) is 16.9. The van der Waals surface area contributed by atoms with Crippen molar-refractivity contribution in [2.75, 3.05) is 5.75 Å². The smallest absolute Gasteiger partial charge is 0.191 e. The fraction of sp³-hybridized carbons (Fsp3) is 0.176. The quantitative estimate of drug-likeness (QED) is 0.645. The van der Waals surface area contributed by atoms with Crippen molar-refractivity contribution in [1.29, 1.82) is 0 Å². The van der Waals surface area contributed by atoms with Gasteiger partial charge in [-0.15, -0.1) is 10.2 Å². The van der Waals surface area contributed by atoms with Crippen LogP contribution in [0, 0.1) is 5.82 Å². The molecule has 0 spiro atoms. The molecule has 0 atom stereocenters. The second-order valence-electron chi connectivity index (χ2n) is 5.24. The second kappa shape index (κ2) is 7.35. The minimum Gasteiger partial charge on any atom is -0.305 e. The van der Waals surface area contributed by atoms with Gasteiger partial charge in [-0.05, 0) is 29.8 Å². The van der Waals surface area contributed by atoms with Gasteiger partial charge in [0.2, 0.25) is 0 Å². The fourth-order valence-electron chi connectivity index (χ4n) is 2.26. The molecule has 0 aliphatic carbocycles. The molecule has 0 aliphatic rings. The third-order valence-corrected chi connectivity index (χ3v) is 4.49. The molecule has 0 unspecified atom stereocenters. The number of carbonyl (C=O) groups excluding carboxylic acids is 1. The summed E-state index contributed by atoms with van der Waals surface area (Å²) < 4.78 is 15.0. The van der Waals surface area contributed by atoms with Crippen molar-refractivity contribution in [1.82, 2.24) is 19.7 Å². The van der Waals surface area contributed by atoms with Crippen LogP contribution in [0.5, 0.6) is 0 Å². The molecule has 0 saturated heterocycles. The summed E-state index contributed by atoms with van der Waals surface area (Å²) in [7, 11) is 1.85. The lowest BCUT2D eigenvalue weighted by molar-refractivity contribution is -0.116. The molecule has 7 heteroatoms. The Bertz CT molecular complexity index is 851. The Hall–Kier alpha value is -2.54. The third-order valence-electron chi connectivity index (χ3n) is 3.41. The van der Waals surface area contributed by atoms with E-state index >= 15 is 0 Å². The number of rotatable bonds is 6. The van der Waals surface area contributed by atoms with E-state index in [0.29, 0.717) is 16.5 Å². The SMILES string of the molecule is Cn1c(SCC(=O)Cc2cccc(F)c2)nnc1-c1cccnc1. The summed E-state index contributed by atoms with van der Waals surface area (Å²) in [6, 6.07) is 9.83. The van der Waals surface area contributed by atoms with Gasteiger partial charge in [0, 0.05) is 31.4 Å². The van der Waals surface area contributed by atoms with Gasteiger partial charge in [-0.1, -0.05) is 23.9 Å². The van der Waals surface area contributed by atoms with Gasteiger partial charge in [0.15, 0.2) is 11.0 Å². The summed E-state index contributed by atoms with van der Waals surface area (Å²) in [5, 5.41) is 8.93. The first-order valence-corrected chi connectivity index (χ1v) is 8.31. The van der Waals surface area contributed by atoms with Gasteiger partial charge in [0.25, 0.3) is 0 Å². The van der Waals surface area contributed by atoms with Gasteiger partial charge in [-0.2, -0.15) is 0 Å². The van der Waals surface area contributed by atoms with Crippen LogP contribution in [0.25, 0.3) is 11.4 Å². The highest BCUT2D eigenvalue weighted by atomic mass is 32.2. The average Bonchev–Trinajstić information content (AvgIpc) is 2.94. The molecular formula is C17H15FN4OS. The van der Waals surface area contributed by atoms with E-state index in [1.165, 1.54) is 23.9 Å². The molecule has 0 N–H and O–H groups in total. The summed E-state index contributed by atoms with van der Waals surface area (Å²) in [5.41, 5.74) is 1.54. The van der Waals surface area contributed by atoms with Crippen molar-refractivity contribution in [2.24, 2.45) is 7.05 Å². The molecule has 0 bridgehead atoms. The van der Waals surface area contributed by atoms with E-state index < -0.39 is 0 Å². The van der Waals surface area contributed by atoms with Crippen molar-refractivity contribution >= 4 is 17.5 Å². The molecule has 5 nitrogen and oxygen atoms in total. The van der Waals surface area contributed by atoms with E-state index in [4.69, 9.17) is 0 Å². The van der Waals surface area contributed by atoms with Crippen molar-refractivity contribution < 1.29 is 9.18 Å². The summed E-state index contributed by atoms with van der Waals surface area (Å²) in [6.45, 7) is 0. The molecule has 122 valence electrons. The normalized spacial score (nSPS) is 10.8. The van der Waals surface area contributed by atoms with E-state index in [0.717, 1.165) is 5.56 Å². The second-order valence-corrected chi connectivity index (χ2v) is 6.18. The van der Waals surface area contributed by atoms with E-state index in [1.54, 1.807) is 24.5 Å². The van der Waals surface area contributed by atoms with Crippen molar-refractivity contribution in [3.63, 3.8) is 0 Å². The van der Waals surface area contributed by atoms with Crippen LogP contribution in [0.15, 0.2) is 53.9 Å². The summed E-state index contributed by atoms with van der Waals surface area (Å²) >= 11 is 1.32. The van der Waals surface area contributed by atoms with Gasteiger partial charge in [-0.3, -0.25) is 9.78 Å². The number of benzene rings is 1. The third kappa shape index (κ3) is 3.86. The number of nitrogens with zero attached hydrogens (tertiary/aromatic N) is 4. The minimum atomic E-state index is -0.331. The fourth-order valence-corrected chi connectivity index (χ4v) is 3.03. The lowest BCUT2D eigenvalue weighted by Gasteiger charge is -2.04.